The van der Waals surface area contributed by atoms with E-state index in [2.05, 4.69) is 78.9 Å². The van der Waals surface area contributed by atoms with Crippen molar-refractivity contribution in [2.75, 3.05) is 26.2 Å². The topological polar surface area (TPSA) is 68.1 Å². The molecule has 3 N–H and O–H groups in total. The van der Waals surface area contributed by atoms with Gasteiger partial charge in [-0.05, 0) is 82.0 Å². The van der Waals surface area contributed by atoms with Crippen LogP contribution in [0.25, 0.3) is 10.8 Å². The van der Waals surface area contributed by atoms with Gasteiger partial charge in [-0.25, -0.2) is 0 Å². The van der Waals surface area contributed by atoms with Crippen LogP contribution in [-0.2, 0) is 6.42 Å². The second kappa shape index (κ2) is 24.2. The standard InChI is InChI=1S/C15H19NO.C8H11N.C4H9N.C2H6.C2H2/c1-12(16-8-9-17)10-13-6-7-14-4-2-3-5-15(14)11-13;1-4-7(3)8(5-2)6-9;1-2-4-5-3-1;2*1-2/h2-7,11-12,16-17H,8-10H2,1H3;4-5H,1-3H3;5H,1-4H2;1-2H3;1-2H/b;7-4-,8-5-;;;. The molecule has 4 nitrogen and oxygen atoms in total. The fourth-order valence-corrected chi connectivity index (χ4v) is 3.26. The zero-order valence-corrected chi connectivity index (χ0v) is 22.8. The first kappa shape index (κ1) is 34.3. The molecule has 0 saturated carbocycles. The fourth-order valence-electron chi connectivity index (χ4n) is 3.26. The first-order chi connectivity index (χ1) is 17.0. The van der Waals surface area contributed by atoms with E-state index in [9.17, 15) is 0 Å². The van der Waals surface area contributed by atoms with Crippen LogP contribution < -0.4 is 10.6 Å². The highest BCUT2D eigenvalue weighted by Crippen LogP contribution is 2.16. The van der Waals surface area contributed by atoms with Crippen LogP contribution in [0.1, 0.15) is 59.9 Å². The largest absolute Gasteiger partial charge is 0.395 e. The van der Waals surface area contributed by atoms with Gasteiger partial charge in [0.25, 0.3) is 0 Å². The lowest BCUT2D eigenvalue weighted by Crippen LogP contribution is -2.30. The van der Waals surface area contributed by atoms with Crippen LogP contribution in [0.4, 0.5) is 0 Å². The van der Waals surface area contributed by atoms with Crippen molar-refractivity contribution < 1.29 is 5.11 Å². The molecule has 1 heterocycles. The van der Waals surface area contributed by atoms with Crippen LogP contribution in [-0.4, -0.2) is 37.4 Å². The predicted molar refractivity (Wildman–Crippen MR) is 154 cm³/mol. The second-order valence-electron chi connectivity index (χ2n) is 7.71. The van der Waals surface area contributed by atoms with E-state index in [0.29, 0.717) is 12.6 Å². The summed E-state index contributed by atoms with van der Waals surface area (Å²) in [5.74, 6) is 0. The summed E-state index contributed by atoms with van der Waals surface area (Å²) in [6.45, 7) is 15.2. The van der Waals surface area contributed by atoms with Crippen molar-refractivity contribution in [3.8, 4) is 18.9 Å². The Labute approximate surface area is 215 Å². The van der Waals surface area contributed by atoms with Gasteiger partial charge in [-0.15, -0.1) is 12.8 Å². The first-order valence-corrected chi connectivity index (χ1v) is 12.6. The Kier molecular flexibility index (Phi) is 23.7. The van der Waals surface area contributed by atoms with Crippen LogP contribution >= 0.6 is 0 Å². The Morgan fingerprint density at radius 3 is 2.11 bits per heavy atom. The molecule has 1 saturated heterocycles. The van der Waals surface area contributed by atoms with Gasteiger partial charge in [-0.2, -0.15) is 5.26 Å². The minimum Gasteiger partial charge on any atom is -0.395 e. The Bertz CT molecular complexity index is 894. The van der Waals surface area contributed by atoms with Crippen LogP contribution in [0.2, 0.25) is 0 Å². The van der Waals surface area contributed by atoms with E-state index in [1.54, 1.807) is 0 Å². The maximum Gasteiger partial charge on any atom is 0.0990 e. The average molecular weight is 478 g/mol. The van der Waals surface area contributed by atoms with E-state index in [0.717, 1.165) is 17.6 Å². The maximum atomic E-state index is 8.76. The quantitative estimate of drug-likeness (QED) is 0.255. The van der Waals surface area contributed by atoms with Gasteiger partial charge < -0.3 is 15.7 Å². The third kappa shape index (κ3) is 16.4. The lowest BCUT2D eigenvalue weighted by atomic mass is 10.0. The molecule has 2 aromatic carbocycles. The van der Waals surface area contributed by atoms with E-state index in [4.69, 9.17) is 10.4 Å². The van der Waals surface area contributed by atoms with Crippen molar-refractivity contribution in [1.29, 1.82) is 5.26 Å². The molecular formula is C31H47N3O. The highest BCUT2D eigenvalue weighted by Gasteiger charge is 2.03. The highest BCUT2D eigenvalue weighted by molar-refractivity contribution is 5.82. The van der Waals surface area contributed by atoms with Gasteiger partial charge in [-0.1, -0.05) is 68.5 Å². The highest BCUT2D eigenvalue weighted by atomic mass is 16.3. The Hall–Kier alpha value is -2.89. The van der Waals surface area contributed by atoms with Crippen molar-refractivity contribution in [2.45, 2.75) is 66.8 Å². The number of benzene rings is 2. The molecule has 1 aliphatic heterocycles. The third-order valence-corrected chi connectivity index (χ3v) is 5.18. The Morgan fingerprint density at radius 1 is 1.09 bits per heavy atom. The van der Waals surface area contributed by atoms with Crippen molar-refractivity contribution in [3.63, 3.8) is 0 Å². The zero-order valence-electron chi connectivity index (χ0n) is 22.8. The van der Waals surface area contributed by atoms with Crippen LogP contribution in [0, 0.1) is 24.2 Å². The average Bonchev–Trinajstić information content (AvgIpc) is 3.51. The molecule has 35 heavy (non-hydrogen) atoms. The van der Waals surface area contributed by atoms with Gasteiger partial charge in [-0.3, -0.25) is 0 Å². The van der Waals surface area contributed by atoms with Crippen LogP contribution in [0.3, 0.4) is 0 Å². The van der Waals surface area contributed by atoms with E-state index in [-0.39, 0.29) is 6.61 Å². The molecule has 4 heteroatoms. The van der Waals surface area contributed by atoms with Gasteiger partial charge in [0.2, 0.25) is 0 Å². The molecule has 0 bridgehead atoms. The molecule has 0 amide bonds. The van der Waals surface area contributed by atoms with Crippen molar-refractivity contribution in [1.82, 2.24) is 10.6 Å². The molecule has 0 spiro atoms. The van der Waals surface area contributed by atoms with Gasteiger partial charge in [0, 0.05) is 12.6 Å². The fraction of sp³-hybridized carbons (Fsp3) is 0.452. The molecule has 1 unspecified atom stereocenters. The zero-order chi connectivity index (χ0) is 26.9. The van der Waals surface area contributed by atoms with Gasteiger partial charge >= 0.3 is 0 Å². The molecular weight excluding hydrogens is 430 g/mol. The predicted octanol–water partition coefficient (Wildman–Crippen LogP) is 6.42. The number of hydrogen-bond acceptors (Lipinski definition) is 4. The second-order valence-corrected chi connectivity index (χ2v) is 7.71. The number of nitriles is 1. The molecule has 0 radical (unpaired) electrons. The molecule has 1 atom stereocenters. The normalized spacial score (nSPS) is 13.3. The summed E-state index contributed by atoms with van der Waals surface area (Å²) in [6.07, 6.45) is 15.5. The number of terminal acetylenes is 1. The van der Waals surface area contributed by atoms with Gasteiger partial charge in [0.15, 0.2) is 0 Å². The molecule has 2 aromatic rings. The van der Waals surface area contributed by atoms with Gasteiger partial charge in [0.05, 0.1) is 18.2 Å². The molecule has 1 aliphatic rings. The van der Waals surface area contributed by atoms with Crippen LogP contribution in [0.5, 0.6) is 0 Å². The van der Waals surface area contributed by atoms with E-state index in [1.807, 2.05) is 46.8 Å². The number of aliphatic hydroxyl groups is 1. The summed E-state index contributed by atoms with van der Waals surface area (Å²) >= 11 is 0. The number of fused-ring (bicyclic) bond motifs is 1. The molecule has 0 aromatic heterocycles. The maximum absolute atomic E-state index is 8.76. The lowest BCUT2D eigenvalue weighted by Gasteiger charge is -2.13. The van der Waals surface area contributed by atoms with Crippen molar-refractivity contribution in [2.24, 2.45) is 0 Å². The number of nitrogens with zero attached hydrogens (tertiary/aromatic N) is 1. The SMILES string of the molecule is C#C.C/C=C(C)\C(C#N)=C/C.C1CCNC1.CC.CC(Cc1ccc2ccccc2c1)NCCO. The number of rotatable bonds is 6. The Balaban J connectivity index is 0. The smallest absolute Gasteiger partial charge is 0.0990 e. The van der Waals surface area contributed by atoms with Gasteiger partial charge in [0.1, 0.15) is 0 Å². The van der Waals surface area contributed by atoms with E-state index in [1.165, 1.54) is 42.3 Å². The van der Waals surface area contributed by atoms with E-state index < -0.39 is 0 Å². The molecule has 3 rings (SSSR count). The van der Waals surface area contributed by atoms with Crippen molar-refractivity contribution in [3.05, 3.63) is 71.3 Å². The summed E-state index contributed by atoms with van der Waals surface area (Å²) in [5, 5.41) is 26.3. The number of allylic oxidation sites excluding steroid dienone is 4. The minimum absolute atomic E-state index is 0.196. The van der Waals surface area contributed by atoms with Crippen molar-refractivity contribution >= 4 is 10.8 Å². The monoisotopic (exact) mass is 477 g/mol. The molecule has 1 fully saturated rings. The number of aliphatic hydroxyl groups excluding tert-OH is 1. The summed E-state index contributed by atoms with van der Waals surface area (Å²) < 4.78 is 0. The summed E-state index contributed by atoms with van der Waals surface area (Å²) in [5.41, 5.74) is 3.14. The van der Waals surface area contributed by atoms with Crippen LogP contribution in [0.15, 0.2) is 65.8 Å². The molecule has 0 aliphatic carbocycles. The molecule has 192 valence electrons. The lowest BCUT2D eigenvalue weighted by molar-refractivity contribution is 0.285. The summed E-state index contributed by atoms with van der Waals surface area (Å²) in [4.78, 5) is 0. The number of hydrogen-bond donors (Lipinski definition) is 3. The summed E-state index contributed by atoms with van der Waals surface area (Å²) in [7, 11) is 0. The minimum atomic E-state index is 0.196. The third-order valence-electron chi connectivity index (χ3n) is 5.18. The number of nitrogens with one attached hydrogen (secondary N) is 2. The summed E-state index contributed by atoms with van der Waals surface area (Å²) in [6, 6.07) is 17.5. The Morgan fingerprint density at radius 2 is 1.69 bits per heavy atom. The first-order valence-electron chi connectivity index (χ1n) is 12.6. The van der Waals surface area contributed by atoms with E-state index >= 15 is 0 Å².